The molecule has 1 fully saturated rings. The van der Waals surface area contributed by atoms with Crippen LogP contribution in [0.1, 0.15) is 55.1 Å². The molecule has 0 radical (unpaired) electrons. The number of nitrogens with zero attached hydrogens (tertiary/aromatic N) is 1. The molecule has 2 heterocycles. The number of aryl methyl sites for hydroxylation is 1. The fourth-order valence-electron chi connectivity index (χ4n) is 5.18. The summed E-state index contributed by atoms with van der Waals surface area (Å²) in [7, 11) is 2.85. The summed E-state index contributed by atoms with van der Waals surface area (Å²) in [5.41, 5.74) is 1.02. The van der Waals surface area contributed by atoms with Crippen LogP contribution in [0.5, 0.6) is 17.2 Å². The standard InChI is InChI=1S/C35H42N2O9/c1-24-32(43-22-11-14-25-12-6-4-7-13-25)29(45-26-15-8-5-9-16-26)18-10-17-27(35(40)44-24)37-34(39)31-33(28(42-3)19-21-36-31)46-30(38)20-23-41-2/h4-9,12-13,15-16,19,21,24,27,29,32H,10-11,14,17-18,20,22-23H2,1-3H3,(H,37,39). The Morgan fingerprint density at radius 3 is 2.43 bits per heavy atom. The molecule has 0 saturated carbocycles. The SMILES string of the molecule is COCCC(=O)Oc1c(OC)ccnc1C(=O)NC1CCCC(Oc2ccccc2)C(OCCCc2ccccc2)C(C)OC1=O. The molecule has 1 N–H and O–H groups in total. The summed E-state index contributed by atoms with van der Waals surface area (Å²) in [4.78, 5) is 43.4. The van der Waals surface area contributed by atoms with Gasteiger partial charge in [-0.25, -0.2) is 9.78 Å². The van der Waals surface area contributed by atoms with E-state index in [4.69, 9.17) is 28.4 Å². The summed E-state index contributed by atoms with van der Waals surface area (Å²) in [5.74, 6) is -1.27. The third kappa shape index (κ3) is 10.0. The number of ether oxygens (including phenoxy) is 6. The quantitative estimate of drug-likeness (QED) is 0.196. The molecule has 1 aromatic heterocycles. The number of cyclic esters (lactones) is 1. The smallest absolute Gasteiger partial charge is 0.329 e. The molecule has 4 unspecified atom stereocenters. The summed E-state index contributed by atoms with van der Waals surface area (Å²) in [6.07, 6.45) is 2.67. The summed E-state index contributed by atoms with van der Waals surface area (Å²) in [6.45, 7) is 2.36. The normalized spacial score (nSPS) is 19.9. The topological polar surface area (TPSA) is 132 Å². The maximum Gasteiger partial charge on any atom is 0.329 e. The molecule has 11 nitrogen and oxygen atoms in total. The molecule has 4 rings (SSSR count). The van der Waals surface area contributed by atoms with Crippen molar-refractivity contribution in [3.05, 3.63) is 84.2 Å². The predicted octanol–water partition coefficient (Wildman–Crippen LogP) is 4.71. The highest BCUT2D eigenvalue weighted by atomic mass is 16.6. The Balaban J connectivity index is 1.48. The molecule has 4 atom stereocenters. The number of benzene rings is 2. The highest BCUT2D eigenvalue weighted by Gasteiger charge is 2.37. The lowest BCUT2D eigenvalue weighted by Gasteiger charge is -2.31. The Bertz CT molecular complexity index is 1400. The first-order valence-corrected chi connectivity index (χ1v) is 15.5. The molecule has 0 bridgehead atoms. The molecule has 3 aromatic rings. The number of nitrogens with one attached hydrogen (secondary N) is 1. The van der Waals surface area contributed by atoms with Gasteiger partial charge in [0.05, 0.1) is 20.1 Å². The molecule has 1 saturated heterocycles. The largest absolute Gasteiger partial charge is 0.493 e. The van der Waals surface area contributed by atoms with Crippen molar-refractivity contribution in [1.29, 1.82) is 0 Å². The van der Waals surface area contributed by atoms with Crippen LogP contribution >= 0.6 is 0 Å². The third-order valence-corrected chi connectivity index (χ3v) is 7.53. The zero-order valence-electron chi connectivity index (χ0n) is 26.5. The number of carbonyl (C=O) groups excluding carboxylic acids is 3. The van der Waals surface area contributed by atoms with Gasteiger partial charge in [0.2, 0.25) is 5.75 Å². The maximum absolute atomic E-state index is 13.5. The number of pyridine rings is 1. The van der Waals surface area contributed by atoms with E-state index in [0.717, 1.165) is 12.8 Å². The first-order chi connectivity index (χ1) is 22.4. The molecule has 46 heavy (non-hydrogen) atoms. The molecule has 2 aromatic carbocycles. The first-order valence-electron chi connectivity index (χ1n) is 15.5. The van der Waals surface area contributed by atoms with E-state index in [1.54, 1.807) is 6.92 Å². The number of rotatable bonds is 14. The number of carbonyl (C=O) groups is 3. The number of amides is 1. The minimum Gasteiger partial charge on any atom is -0.493 e. The van der Waals surface area contributed by atoms with Gasteiger partial charge in [-0.3, -0.25) is 9.59 Å². The van der Waals surface area contributed by atoms with Crippen molar-refractivity contribution >= 4 is 17.8 Å². The summed E-state index contributed by atoms with van der Waals surface area (Å²) in [5, 5.41) is 2.73. The van der Waals surface area contributed by atoms with Gasteiger partial charge in [0.1, 0.15) is 30.1 Å². The molecule has 11 heteroatoms. The van der Waals surface area contributed by atoms with Crippen LogP contribution in [0.25, 0.3) is 0 Å². The number of methoxy groups -OCH3 is 2. The number of esters is 2. The van der Waals surface area contributed by atoms with Gasteiger partial charge in [-0.15, -0.1) is 0 Å². The monoisotopic (exact) mass is 634 g/mol. The van der Waals surface area contributed by atoms with Crippen molar-refractivity contribution in [3.8, 4) is 17.2 Å². The average molecular weight is 635 g/mol. The molecule has 0 aliphatic carbocycles. The van der Waals surface area contributed by atoms with E-state index in [2.05, 4.69) is 22.4 Å². The average Bonchev–Trinajstić information content (AvgIpc) is 3.11. The number of aromatic nitrogens is 1. The fourth-order valence-corrected chi connectivity index (χ4v) is 5.18. The van der Waals surface area contributed by atoms with Crippen LogP contribution in [0.3, 0.4) is 0 Å². The molecule has 1 amide bonds. The Morgan fingerprint density at radius 2 is 1.72 bits per heavy atom. The van der Waals surface area contributed by atoms with Crippen LogP contribution in [0.4, 0.5) is 0 Å². The summed E-state index contributed by atoms with van der Waals surface area (Å²) >= 11 is 0. The van der Waals surface area contributed by atoms with Crippen molar-refractivity contribution in [2.75, 3.05) is 27.4 Å². The number of hydrogen-bond donors (Lipinski definition) is 1. The lowest BCUT2D eigenvalue weighted by atomic mass is 10.0. The Kier molecular flexibility index (Phi) is 13.4. The molecule has 1 aliphatic rings. The van der Waals surface area contributed by atoms with E-state index in [1.165, 1.54) is 32.0 Å². The lowest BCUT2D eigenvalue weighted by Crippen LogP contribution is -2.46. The van der Waals surface area contributed by atoms with Gasteiger partial charge in [-0.05, 0) is 56.7 Å². The van der Waals surface area contributed by atoms with Gasteiger partial charge >= 0.3 is 11.9 Å². The zero-order chi connectivity index (χ0) is 32.7. The minimum atomic E-state index is -0.991. The molecule has 246 valence electrons. The van der Waals surface area contributed by atoms with Crippen LogP contribution in [-0.2, 0) is 30.2 Å². The van der Waals surface area contributed by atoms with Gasteiger partial charge in [0.15, 0.2) is 11.4 Å². The van der Waals surface area contributed by atoms with E-state index in [1.807, 2.05) is 48.5 Å². The van der Waals surface area contributed by atoms with E-state index in [-0.39, 0.29) is 36.6 Å². The van der Waals surface area contributed by atoms with Gasteiger partial charge in [-0.1, -0.05) is 48.5 Å². The Morgan fingerprint density at radius 1 is 0.978 bits per heavy atom. The van der Waals surface area contributed by atoms with Crippen molar-refractivity contribution in [2.45, 2.75) is 69.8 Å². The molecule has 0 spiro atoms. The van der Waals surface area contributed by atoms with E-state index in [0.29, 0.717) is 25.2 Å². The molecular formula is C35H42N2O9. The maximum atomic E-state index is 13.5. The van der Waals surface area contributed by atoms with E-state index >= 15 is 0 Å². The Labute approximate surface area is 269 Å². The van der Waals surface area contributed by atoms with Gasteiger partial charge in [0, 0.05) is 26.0 Å². The highest BCUT2D eigenvalue weighted by molar-refractivity contribution is 5.98. The van der Waals surface area contributed by atoms with Crippen molar-refractivity contribution < 1.29 is 42.8 Å². The fraction of sp³-hybridized carbons (Fsp3) is 0.429. The highest BCUT2D eigenvalue weighted by Crippen LogP contribution is 2.30. The molecular weight excluding hydrogens is 592 g/mol. The zero-order valence-corrected chi connectivity index (χ0v) is 26.5. The predicted molar refractivity (Wildman–Crippen MR) is 169 cm³/mol. The molecule has 1 aliphatic heterocycles. The summed E-state index contributed by atoms with van der Waals surface area (Å²) < 4.78 is 34.3. The second-order valence-electron chi connectivity index (χ2n) is 10.9. The number of hydrogen-bond acceptors (Lipinski definition) is 10. The van der Waals surface area contributed by atoms with Crippen molar-refractivity contribution in [2.24, 2.45) is 0 Å². The van der Waals surface area contributed by atoms with Crippen LogP contribution in [0, 0.1) is 0 Å². The van der Waals surface area contributed by atoms with E-state index in [9.17, 15) is 14.4 Å². The van der Waals surface area contributed by atoms with Crippen LogP contribution < -0.4 is 19.5 Å². The summed E-state index contributed by atoms with van der Waals surface area (Å²) in [6, 6.07) is 20.1. The van der Waals surface area contributed by atoms with Gasteiger partial charge < -0.3 is 33.7 Å². The second-order valence-corrected chi connectivity index (χ2v) is 10.9. The van der Waals surface area contributed by atoms with Crippen molar-refractivity contribution in [1.82, 2.24) is 10.3 Å². The Hall–Kier alpha value is -4.48. The van der Waals surface area contributed by atoms with Crippen LogP contribution in [-0.4, -0.2) is 74.6 Å². The third-order valence-electron chi connectivity index (χ3n) is 7.53. The van der Waals surface area contributed by atoms with Crippen molar-refractivity contribution in [3.63, 3.8) is 0 Å². The lowest BCUT2D eigenvalue weighted by molar-refractivity contribution is -0.163. The van der Waals surface area contributed by atoms with Gasteiger partial charge in [0.25, 0.3) is 5.91 Å². The van der Waals surface area contributed by atoms with Crippen LogP contribution in [0.15, 0.2) is 72.9 Å². The van der Waals surface area contributed by atoms with Gasteiger partial charge in [-0.2, -0.15) is 0 Å². The minimum absolute atomic E-state index is 0.0375. The second kappa shape index (κ2) is 17.9. The van der Waals surface area contributed by atoms with E-state index < -0.39 is 42.2 Å². The number of para-hydroxylation sites is 1. The van der Waals surface area contributed by atoms with Crippen LogP contribution in [0.2, 0.25) is 0 Å². The first kappa shape index (κ1) is 34.4.